The lowest BCUT2D eigenvalue weighted by Gasteiger charge is -2.43. The summed E-state index contributed by atoms with van der Waals surface area (Å²) in [5, 5.41) is 2.53. The van der Waals surface area contributed by atoms with E-state index in [1.807, 2.05) is 6.20 Å². The predicted molar refractivity (Wildman–Crippen MR) is 296 cm³/mol. The van der Waals surface area contributed by atoms with E-state index in [4.69, 9.17) is 9.72 Å². The zero-order valence-corrected chi connectivity index (χ0v) is 41.6. The summed E-state index contributed by atoms with van der Waals surface area (Å²) in [4.78, 5) is 10.5. The molecule has 354 valence electrons. The Hall–Kier alpha value is -7.89. The Kier molecular flexibility index (Phi) is 8.75. The third-order valence-corrected chi connectivity index (χ3v) is 18.0. The molecule has 1 aliphatic heterocycles. The fourth-order valence-corrected chi connectivity index (χ4v) is 14.9. The Morgan fingerprint density at radius 1 is 0.493 bits per heavy atom. The average molecular weight is 945 g/mol. The topological polar surface area (TPSA) is 33.5 Å². The van der Waals surface area contributed by atoms with Gasteiger partial charge < -0.3 is 14.5 Å². The number of pyridine rings is 1. The van der Waals surface area contributed by atoms with Crippen molar-refractivity contribution >= 4 is 38.9 Å². The first-order chi connectivity index (χ1) is 35.9. The second-order valence-corrected chi connectivity index (χ2v) is 22.7. The van der Waals surface area contributed by atoms with Crippen molar-refractivity contribution < 1.29 is 4.74 Å². The number of fused-ring (bicyclic) bond motifs is 4. The molecule has 18 rings (SSSR count). The van der Waals surface area contributed by atoms with Crippen LogP contribution in [0.4, 0.5) is 17.1 Å². The lowest BCUT2D eigenvalue weighted by atomic mass is 9.60. The van der Waals surface area contributed by atoms with Gasteiger partial charge in [-0.25, -0.2) is 4.98 Å². The van der Waals surface area contributed by atoms with Crippen molar-refractivity contribution in [2.24, 2.45) is 0 Å². The van der Waals surface area contributed by atoms with Gasteiger partial charge >= 0.3 is 0 Å². The number of anilines is 3. The molecule has 7 aliphatic carbocycles. The minimum atomic E-state index is -0.0430. The molecule has 73 heavy (non-hydrogen) atoms. The molecule has 0 N–H and O–H groups in total. The number of hydrogen-bond donors (Lipinski definition) is 0. The molecule has 8 aromatic carbocycles. The van der Waals surface area contributed by atoms with Gasteiger partial charge in [-0.15, -0.1) is 0 Å². The summed E-state index contributed by atoms with van der Waals surface area (Å²) in [5.74, 6) is 3.29. The van der Waals surface area contributed by atoms with Crippen LogP contribution in [0, 0.1) is 0 Å². The Morgan fingerprint density at radius 3 is 1.70 bits per heavy atom. The molecule has 0 unspecified atom stereocenters. The van der Waals surface area contributed by atoms with Gasteiger partial charge in [-0.05, 0) is 139 Å². The van der Waals surface area contributed by atoms with Crippen LogP contribution in [0.15, 0.2) is 182 Å². The normalized spacial score (nSPS) is 19.8. The van der Waals surface area contributed by atoms with Gasteiger partial charge in [-0.1, -0.05) is 155 Å². The van der Waals surface area contributed by atoms with Crippen LogP contribution in [-0.2, 0) is 5.41 Å². The van der Waals surface area contributed by atoms with E-state index in [1.165, 1.54) is 132 Å². The van der Waals surface area contributed by atoms with E-state index in [1.54, 1.807) is 0 Å². The molecule has 3 heterocycles. The number of nitrogens with zero attached hydrogens (tertiary/aromatic N) is 4. The van der Waals surface area contributed by atoms with Crippen LogP contribution in [0.1, 0.15) is 149 Å². The highest BCUT2D eigenvalue weighted by Crippen LogP contribution is 2.62. The highest BCUT2D eigenvalue weighted by Gasteiger charge is 2.47. The van der Waals surface area contributed by atoms with Crippen LogP contribution in [0.2, 0.25) is 0 Å². The van der Waals surface area contributed by atoms with Crippen molar-refractivity contribution in [3.63, 3.8) is 0 Å². The summed E-state index contributed by atoms with van der Waals surface area (Å²) in [5.41, 5.74) is 24.7. The smallest absolute Gasteiger partial charge is 0.137 e. The molecule has 8 aliphatic rings. The standard InChI is InChI=1S/C68H56N4O/c1-68(2,3)40-34-35-69-59(36-40)72-56-32-30-54-60-45-20-7-11-24-49(45)62(50-25-12-8-21-46(50)60)65(54)64(56)53-29-28-44(38-58(53)72)73-43-19-15-18-42(37-43)71-39-70(41-16-5-4-6-17-41)57-33-31-55-61-47-22-9-13-26-51(47)63(66(55)67(57)71)52-27-14-10-23-48(52)61/h7-15,18-38,41,60-63H,4-6,16-17,39H2,1-3H3. The minimum Gasteiger partial charge on any atom is -0.457 e. The molecule has 1 saturated carbocycles. The quantitative estimate of drug-likeness (QED) is 0.172. The molecule has 5 heteroatoms. The van der Waals surface area contributed by atoms with E-state index in [2.05, 4.69) is 211 Å². The molecule has 0 atom stereocenters. The second kappa shape index (κ2) is 15.3. The van der Waals surface area contributed by atoms with Crippen LogP contribution in [0.3, 0.4) is 0 Å². The Morgan fingerprint density at radius 2 is 1.07 bits per heavy atom. The van der Waals surface area contributed by atoms with Crippen molar-refractivity contribution in [2.45, 2.75) is 88.0 Å². The summed E-state index contributed by atoms with van der Waals surface area (Å²) in [6.07, 6.45) is 8.39. The molecule has 0 amide bonds. The number of aromatic nitrogens is 2. The zero-order chi connectivity index (χ0) is 48.3. The third-order valence-electron chi connectivity index (χ3n) is 18.0. The largest absolute Gasteiger partial charge is 0.457 e. The number of benzene rings is 8. The fraction of sp³-hybridized carbons (Fsp3) is 0.221. The van der Waals surface area contributed by atoms with E-state index in [9.17, 15) is 0 Å². The molecule has 1 fully saturated rings. The first kappa shape index (κ1) is 41.7. The summed E-state index contributed by atoms with van der Waals surface area (Å²) in [6, 6.07) is 67.1. The van der Waals surface area contributed by atoms with Crippen LogP contribution in [0.5, 0.6) is 11.5 Å². The molecule has 5 nitrogen and oxygen atoms in total. The zero-order valence-electron chi connectivity index (χ0n) is 41.6. The Bertz CT molecular complexity index is 3870. The fourth-order valence-electron chi connectivity index (χ4n) is 14.9. The highest BCUT2D eigenvalue weighted by molar-refractivity contribution is 6.12. The van der Waals surface area contributed by atoms with Crippen LogP contribution < -0.4 is 14.5 Å². The van der Waals surface area contributed by atoms with Crippen molar-refractivity contribution in [3.05, 3.63) is 254 Å². The molecule has 10 aromatic rings. The predicted octanol–water partition coefficient (Wildman–Crippen LogP) is 16.5. The van der Waals surface area contributed by atoms with E-state index in [0.717, 1.165) is 35.2 Å². The monoisotopic (exact) mass is 944 g/mol. The molecule has 0 radical (unpaired) electrons. The molecule has 0 saturated heterocycles. The van der Waals surface area contributed by atoms with E-state index < -0.39 is 0 Å². The summed E-state index contributed by atoms with van der Waals surface area (Å²) in [7, 11) is 0. The van der Waals surface area contributed by atoms with Gasteiger partial charge in [0.1, 0.15) is 17.3 Å². The molecule has 2 aromatic heterocycles. The van der Waals surface area contributed by atoms with E-state index in [-0.39, 0.29) is 29.1 Å². The van der Waals surface area contributed by atoms with Crippen LogP contribution >= 0.6 is 0 Å². The van der Waals surface area contributed by atoms with Gasteiger partial charge in [0.25, 0.3) is 0 Å². The number of rotatable bonds is 5. The van der Waals surface area contributed by atoms with Crippen molar-refractivity contribution in [1.29, 1.82) is 0 Å². The van der Waals surface area contributed by atoms with E-state index >= 15 is 0 Å². The summed E-state index contributed by atoms with van der Waals surface area (Å²) >= 11 is 0. The average Bonchev–Trinajstić information content (AvgIpc) is 4.06. The van der Waals surface area contributed by atoms with Crippen LogP contribution in [-0.4, -0.2) is 22.3 Å². The molecule has 0 spiro atoms. The molecular weight excluding hydrogens is 889 g/mol. The maximum absolute atomic E-state index is 7.12. The highest BCUT2D eigenvalue weighted by atomic mass is 16.5. The Balaban J connectivity index is 0.841. The van der Waals surface area contributed by atoms with Gasteiger partial charge in [0.2, 0.25) is 0 Å². The first-order valence-corrected chi connectivity index (χ1v) is 26.8. The van der Waals surface area contributed by atoms with Gasteiger partial charge in [0.05, 0.1) is 29.1 Å². The van der Waals surface area contributed by atoms with Gasteiger partial charge in [-0.3, -0.25) is 4.57 Å². The third kappa shape index (κ3) is 5.88. The van der Waals surface area contributed by atoms with Gasteiger partial charge in [0, 0.05) is 64.5 Å². The SMILES string of the molecule is CC(C)(C)c1ccnc(-n2c3cc(Oc4cccc(N5CN(C6CCCCC6)c6ccc7c(c65)C5c6ccccc6C7c6ccccc65)c4)ccc3c3c4c(ccc32)C2c3ccccc3C4c3ccccc32)c1. The molecule has 4 bridgehead atoms. The van der Waals surface area contributed by atoms with E-state index in [0.29, 0.717) is 6.04 Å². The Labute approximate surface area is 427 Å². The van der Waals surface area contributed by atoms with Crippen molar-refractivity contribution in [3.8, 4) is 17.3 Å². The van der Waals surface area contributed by atoms with Gasteiger partial charge in [0.15, 0.2) is 0 Å². The van der Waals surface area contributed by atoms with Crippen LogP contribution in [0.25, 0.3) is 27.6 Å². The summed E-state index contributed by atoms with van der Waals surface area (Å²) < 4.78 is 9.52. The van der Waals surface area contributed by atoms with Crippen molar-refractivity contribution in [1.82, 2.24) is 9.55 Å². The second-order valence-electron chi connectivity index (χ2n) is 22.7. The maximum atomic E-state index is 7.12. The summed E-state index contributed by atoms with van der Waals surface area (Å²) in [6.45, 7) is 7.68. The van der Waals surface area contributed by atoms with Gasteiger partial charge in [-0.2, -0.15) is 0 Å². The lowest BCUT2D eigenvalue weighted by Crippen LogP contribution is -2.38. The lowest BCUT2D eigenvalue weighted by molar-refractivity contribution is 0.420. The maximum Gasteiger partial charge on any atom is 0.137 e. The first-order valence-electron chi connectivity index (χ1n) is 26.8. The van der Waals surface area contributed by atoms with Crippen molar-refractivity contribution in [2.75, 3.05) is 16.5 Å². The number of hydrogen-bond acceptors (Lipinski definition) is 4. The number of ether oxygens (including phenoxy) is 1. The minimum absolute atomic E-state index is 0.0430. The molecular formula is C68H56N4O.